The summed E-state index contributed by atoms with van der Waals surface area (Å²) >= 11 is 0. The molecular weight excluding hydrogens is 320 g/mol. The molecule has 0 amide bonds. The molecule has 1 aromatic carbocycles. The highest BCUT2D eigenvalue weighted by Crippen LogP contribution is 2.19. The lowest BCUT2D eigenvalue weighted by molar-refractivity contribution is 0.299. The molecule has 0 spiro atoms. The van der Waals surface area contributed by atoms with Crippen LogP contribution in [0.15, 0.2) is 66.9 Å². The molecule has 1 saturated heterocycles. The predicted molar refractivity (Wildman–Crippen MR) is 110 cm³/mol. The highest BCUT2D eigenvalue weighted by molar-refractivity contribution is 6.00. The maximum Gasteiger partial charge on any atom is 0.137 e. The van der Waals surface area contributed by atoms with Gasteiger partial charge >= 0.3 is 0 Å². The first-order valence-electron chi connectivity index (χ1n) is 9.34. The number of benzene rings is 1. The zero-order chi connectivity index (χ0) is 18.4. The van der Waals surface area contributed by atoms with E-state index in [-0.39, 0.29) is 0 Å². The van der Waals surface area contributed by atoms with Crippen LogP contribution in [0.1, 0.15) is 36.6 Å². The van der Waals surface area contributed by atoms with Crippen molar-refractivity contribution in [1.82, 2.24) is 15.2 Å². The van der Waals surface area contributed by atoms with E-state index in [1.165, 1.54) is 11.3 Å². The third-order valence-corrected chi connectivity index (χ3v) is 4.94. The highest BCUT2D eigenvalue weighted by atomic mass is 15.2. The molecule has 4 heteroatoms. The second-order valence-corrected chi connectivity index (χ2v) is 6.61. The molecule has 1 aliphatic rings. The average Bonchev–Trinajstić information content (AvgIpc) is 3.16. The molecule has 0 radical (unpaired) electrons. The minimum atomic E-state index is 0.445. The fraction of sp³-hybridized carbons (Fsp3) is 0.318. The predicted octanol–water partition coefficient (Wildman–Crippen LogP) is 4.19. The standard InChI is InChI=1S/C22H28N4/c1-4-21-20(11-14-24-21)22(23-5-2)26-15-12-19(13-16-26)25-17(3)18-9-7-6-8-10-18/h5-11,14,19,24-25H,2-4,12-13,15-16H2,1H3/b23-22+. The van der Waals surface area contributed by atoms with Crippen molar-refractivity contribution >= 4 is 11.5 Å². The summed E-state index contributed by atoms with van der Waals surface area (Å²) in [6, 6.07) is 12.9. The largest absolute Gasteiger partial charge is 0.382 e. The Hall–Kier alpha value is -2.75. The van der Waals surface area contributed by atoms with Gasteiger partial charge < -0.3 is 15.2 Å². The van der Waals surface area contributed by atoms with Crippen LogP contribution in [0.25, 0.3) is 5.70 Å². The second kappa shape index (κ2) is 8.56. The number of H-pyrrole nitrogens is 1. The van der Waals surface area contributed by atoms with Crippen molar-refractivity contribution in [1.29, 1.82) is 0 Å². The second-order valence-electron chi connectivity index (χ2n) is 6.61. The molecular formula is C22H28N4. The smallest absolute Gasteiger partial charge is 0.137 e. The number of aromatic amines is 1. The van der Waals surface area contributed by atoms with Crippen molar-refractivity contribution in [2.24, 2.45) is 4.99 Å². The molecule has 2 heterocycles. The Morgan fingerprint density at radius 3 is 2.65 bits per heavy atom. The number of aromatic nitrogens is 1. The number of aliphatic imine (C=N–C) groups is 1. The van der Waals surface area contributed by atoms with Gasteiger partial charge in [-0.15, -0.1) is 0 Å². The topological polar surface area (TPSA) is 43.4 Å². The number of piperidine rings is 1. The molecule has 0 saturated carbocycles. The number of amidine groups is 1. The highest BCUT2D eigenvalue weighted by Gasteiger charge is 2.24. The third kappa shape index (κ3) is 4.07. The fourth-order valence-corrected chi connectivity index (χ4v) is 3.52. The van der Waals surface area contributed by atoms with E-state index in [0.717, 1.165) is 49.4 Å². The van der Waals surface area contributed by atoms with E-state index in [0.29, 0.717) is 6.04 Å². The van der Waals surface area contributed by atoms with Crippen molar-refractivity contribution in [2.45, 2.75) is 32.2 Å². The lowest BCUT2D eigenvalue weighted by atomic mass is 10.0. The van der Waals surface area contributed by atoms with E-state index >= 15 is 0 Å². The van der Waals surface area contributed by atoms with E-state index in [4.69, 9.17) is 0 Å². The van der Waals surface area contributed by atoms with E-state index in [2.05, 4.69) is 58.5 Å². The number of nitrogens with zero attached hydrogens (tertiary/aromatic N) is 2. The first kappa shape index (κ1) is 18.1. The summed E-state index contributed by atoms with van der Waals surface area (Å²) in [6.07, 6.45) is 6.73. The van der Waals surface area contributed by atoms with Gasteiger partial charge in [0.1, 0.15) is 5.84 Å². The van der Waals surface area contributed by atoms with E-state index in [9.17, 15) is 0 Å². The summed E-state index contributed by atoms with van der Waals surface area (Å²) in [5.41, 5.74) is 4.57. The van der Waals surface area contributed by atoms with Gasteiger partial charge in [0.25, 0.3) is 0 Å². The van der Waals surface area contributed by atoms with Crippen molar-refractivity contribution in [2.75, 3.05) is 13.1 Å². The quantitative estimate of drug-likeness (QED) is 0.607. The van der Waals surface area contributed by atoms with Gasteiger partial charge in [0.15, 0.2) is 0 Å². The van der Waals surface area contributed by atoms with E-state index in [1.54, 1.807) is 6.20 Å². The van der Waals surface area contributed by atoms with Crippen LogP contribution in [0, 0.1) is 0 Å². The first-order chi connectivity index (χ1) is 12.7. The molecule has 0 aliphatic carbocycles. The Balaban J connectivity index is 1.62. The molecule has 2 aromatic rings. The van der Waals surface area contributed by atoms with Crippen molar-refractivity contribution < 1.29 is 0 Å². The Bertz CT molecular complexity index is 764. The Labute approximate surface area is 156 Å². The monoisotopic (exact) mass is 348 g/mol. The minimum Gasteiger partial charge on any atom is -0.382 e. The van der Waals surface area contributed by atoms with Crippen LogP contribution in [0.5, 0.6) is 0 Å². The number of likely N-dealkylation sites (tertiary alicyclic amines) is 1. The lowest BCUT2D eigenvalue weighted by Gasteiger charge is -2.35. The molecule has 0 unspecified atom stereocenters. The molecule has 3 rings (SSSR count). The summed E-state index contributed by atoms with van der Waals surface area (Å²) < 4.78 is 0. The van der Waals surface area contributed by atoms with Crippen molar-refractivity contribution in [3.05, 3.63) is 78.8 Å². The van der Waals surface area contributed by atoms with Crippen LogP contribution in [0.2, 0.25) is 0 Å². The Morgan fingerprint density at radius 2 is 2.00 bits per heavy atom. The zero-order valence-electron chi connectivity index (χ0n) is 15.5. The average molecular weight is 348 g/mol. The molecule has 4 nitrogen and oxygen atoms in total. The van der Waals surface area contributed by atoms with Gasteiger partial charge in [0.05, 0.1) is 0 Å². The van der Waals surface area contributed by atoms with Crippen LogP contribution in [0.4, 0.5) is 0 Å². The fourth-order valence-electron chi connectivity index (χ4n) is 3.52. The van der Waals surface area contributed by atoms with Crippen molar-refractivity contribution in [3.8, 4) is 0 Å². The normalized spacial score (nSPS) is 15.7. The number of hydrogen-bond acceptors (Lipinski definition) is 2. The van der Waals surface area contributed by atoms with Gasteiger partial charge in [0.2, 0.25) is 0 Å². The number of nitrogens with one attached hydrogen (secondary N) is 2. The summed E-state index contributed by atoms with van der Waals surface area (Å²) in [6.45, 7) is 12.1. The van der Waals surface area contributed by atoms with Crippen LogP contribution in [-0.4, -0.2) is 34.9 Å². The summed E-state index contributed by atoms with van der Waals surface area (Å²) in [5, 5.41) is 3.60. The minimum absolute atomic E-state index is 0.445. The molecule has 2 N–H and O–H groups in total. The Kier molecular flexibility index (Phi) is 5.95. The maximum absolute atomic E-state index is 4.58. The van der Waals surface area contributed by atoms with Gasteiger partial charge in [-0.3, -0.25) is 0 Å². The summed E-state index contributed by atoms with van der Waals surface area (Å²) in [4.78, 5) is 10.3. The zero-order valence-corrected chi connectivity index (χ0v) is 15.5. The van der Waals surface area contributed by atoms with Gasteiger partial charge in [-0.2, -0.15) is 0 Å². The van der Waals surface area contributed by atoms with Crippen LogP contribution in [0.3, 0.4) is 0 Å². The van der Waals surface area contributed by atoms with Gasteiger partial charge in [-0.05, 0) is 30.9 Å². The Morgan fingerprint density at radius 1 is 1.27 bits per heavy atom. The van der Waals surface area contributed by atoms with E-state index in [1.807, 2.05) is 24.4 Å². The van der Waals surface area contributed by atoms with Gasteiger partial charge in [0, 0.05) is 48.5 Å². The van der Waals surface area contributed by atoms with Crippen LogP contribution >= 0.6 is 0 Å². The maximum atomic E-state index is 4.58. The summed E-state index contributed by atoms with van der Waals surface area (Å²) in [7, 11) is 0. The van der Waals surface area contributed by atoms with Crippen LogP contribution < -0.4 is 5.32 Å². The molecule has 0 atom stereocenters. The first-order valence-corrected chi connectivity index (χ1v) is 9.34. The summed E-state index contributed by atoms with van der Waals surface area (Å²) in [5.74, 6) is 1.03. The molecule has 136 valence electrons. The molecule has 1 aromatic heterocycles. The third-order valence-electron chi connectivity index (χ3n) is 4.94. The molecule has 26 heavy (non-hydrogen) atoms. The SMILES string of the molecule is C=C/N=C(\c1cc[nH]c1CC)N1CCC(NC(=C)c2ccccc2)CC1. The van der Waals surface area contributed by atoms with E-state index < -0.39 is 0 Å². The molecule has 1 aliphatic heterocycles. The number of hydrogen-bond donors (Lipinski definition) is 2. The van der Waals surface area contributed by atoms with Crippen molar-refractivity contribution in [3.63, 3.8) is 0 Å². The van der Waals surface area contributed by atoms with Gasteiger partial charge in [-0.1, -0.05) is 50.4 Å². The van der Waals surface area contributed by atoms with Crippen LogP contribution in [-0.2, 0) is 6.42 Å². The number of aryl methyl sites for hydroxylation is 1. The van der Waals surface area contributed by atoms with Gasteiger partial charge in [-0.25, -0.2) is 4.99 Å². The molecule has 0 bridgehead atoms. The number of rotatable bonds is 6. The molecule has 1 fully saturated rings. The lowest BCUT2D eigenvalue weighted by Crippen LogP contribution is -2.44.